The molecule has 34 heavy (non-hydrogen) atoms. The first-order valence-electron chi connectivity index (χ1n) is 10.4. The van der Waals surface area contributed by atoms with Gasteiger partial charge in [-0.25, -0.2) is 13.6 Å². The van der Waals surface area contributed by atoms with Gasteiger partial charge in [-0.1, -0.05) is 54.2 Å². The van der Waals surface area contributed by atoms with Crippen molar-refractivity contribution in [1.29, 1.82) is 0 Å². The lowest BCUT2D eigenvalue weighted by atomic mass is 10.2. The molecule has 0 aliphatic rings. The summed E-state index contributed by atoms with van der Waals surface area (Å²) in [5, 5.41) is 8.88. The number of aryl methyl sites for hydroxylation is 1. The van der Waals surface area contributed by atoms with E-state index in [9.17, 15) is 18.8 Å². The topological polar surface area (TPSA) is 96.2 Å². The third-order valence-corrected chi connectivity index (χ3v) is 6.56. The average molecular weight is 479 g/mol. The molecular weight excluding hydrogens is 459 g/mol. The van der Waals surface area contributed by atoms with Crippen LogP contribution in [0.2, 0.25) is 0 Å². The molecule has 0 aliphatic carbocycles. The number of thioether (sulfide) groups is 1. The molecular formula is C23H19FN6O3S. The van der Waals surface area contributed by atoms with Crippen molar-refractivity contribution in [2.24, 2.45) is 14.1 Å². The lowest BCUT2D eigenvalue weighted by Crippen LogP contribution is -2.37. The van der Waals surface area contributed by atoms with Crippen LogP contribution in [0.15, 0.2) is 69.3 Å². The van der Waals surface area contributed by atoms with Gasteiger partial charge in [0.1, 0.15) is 5.82 Å². The Balaban J connectivity index is 1.66. The number of carbonyl (C=O) groups is 1. The van der Waals surface area contributed by atoms with Crippen molar-refractivity contribution in [3.8, 4) is 0 Å². The summed E-state index contributed by atoms with van der Waals surface area (Å²) < 4.78 is 19.1. The maximum absolute atomic E-state index is 13.4. The second-order valence-corrected chi connectivity index (χ2v) is 8.73. The summed E-state index contributed by atoms with van der Waals surface area (Å²) in [5.41, 5.74) is 0.925. The van der Waals surface area contributed by atoms with Crippen LogP contribution in [0.5, 0.6) is 0 Å². The van der Waals surface area contributed by atoms with Gasteiger partial charge in [0.25, 0.3) is 5.56 Å². The number of carbonyl (C=O) groups excluding carboxylic acids is 1. The van der Waals surface area contributed by atoms with Gasteiger partial charge in [0.15, 0.2) is 22.1 Å². The number of ketones is 1. The van der Waals surface area contributed by atoms with Crippen molar-refractivity contribution in [2.75, 3.05) is 5.75 Å². The first-order valence-corrected chi connectivity index (χ1v) is 11.3. The molecule has 0 unspecified atom stereocenters. The molecule has 0 radical (unpaired) electrons. The van der Waals surface area contributed by atoms with E-state index in [-0.39, 0.29) is 29.4 Å². The van der Waals surface area contributed by atoms with Gasteiger partial charge in [-0.05, 0) is 17.7 Å². The fourth-order valence-corrected chi connectivity index (χ4v) is 4.71. The fraction of sp³-hybridized carbons (Fsp3) is 0.174. The summed E-state index contributed by atoms with van der Waals surface area (Å²) in [6.07, 6.45) is 0. The van der Waals surface area contributed by atoms with Crippen molar-refractivity contribution in [3.63, 3.8) is 0 Å². The third-order valence-electron chi connectivity index (χ3n) is 5.63. The highest BCUT2D eigenvalue weighted by Gasteiger charge is 2.24. The van der Waals surface area contributed by atoms with E-state index in [0.29, 0.717) is 22.1 Å². The second-order valence-electron chi connectivity index (χ2n) is 7.79. The normalized spacial score (nSPS) is 11.5. The number of hydrogen-bond donors (Lipinski definition) is 0. The zero-order valence-corrected chi connectivity index (χ0v) is 19.1. The standard InChI is InChI=1S/C23H19FN6O3S/c1-27-19-18(20(32)28(2)23(27)33)29(12-14-8-10-16(24)11-9-14)21-25-26-22(30(19)21)34-13-17(31)15-6-4-3-5-7-15/h3-11H,12-13H2,1-2H3. The first-order chi connectivity index (χ1) is 16.4. The summed E-state index contributed by atoms with van der Waals surface area (Å²) in [7, 11) is 2.98. The van der Waals surface area contributed by atoms with Gasteiger partial charge in [0.05, 0.1) is 12.3 Å². The maximum atomic E-state index is 13.4. The highest BCUT2D eigenvalue weighted by atomic mass is 32.2. The van der Waals surface area contributed by atoms with Crippen LogP contribution in [0.1, 0.15) is 15.9 Å². The van der Waals surface area contributed by atoms with Gasteiger partial charge in [0.2, 0.25) is 5.78 Å². The minimum atomic E-state index is -0.497. The number of aromatic nitrogens is 6. The molecule has 2 aromatic carbocycles. The molecule has 5 rings (SSSR count). The van der Waals surface area contributed by atoms with Crippen LogP contribution >= 0.6 is 11.8 Å². The molecule has 0 spiro atoms. The van der Waals surface area contributed by atoms with Gasteiger partial charge < -0.3 is 0 Å². The maximum Gasteiger partial charge on any atom is 0.332 e. The van der Waals surface area contributed by atoms with Gasteiger partial charge in [-0.15, -0.1) is 10.2 Å². The minimum absolute atomic E-state index is 0.0813. The number of Topliss-reactive ketones (excluding diaryl/α,β-unsaturated/α-hetero) is 1. The van der Waals surface area contributed by atoms with Crippen molar-refractivity contribution < 1.29 is 9.18 Å². The van der Waals surface area contributed by atoms with Crippen LogP contribution < -0.4 is 11.2 Å². The fourth-order valence-electron chi connectivity index (χ4n) is 3.88. The Kier molecular flexibility index (Phi) is 5.40. The molecule has 0 saturated carbocycles. The summed E-state index contributed by atoms with van der Waals surface area (Å²) >= 11 is 1.17. The van der Waals surface area contributed by atoms with E-state index in [0.717, 1.165) is 10.1 Å². The molecule has 0 fully saturated rings. The van der Waals surface area contributed by atoms with Gasteiger partial charge >= 0.3 is 5.69 Å². The Bertz CT molecular complexity index is 1670. The van der Waals surface area contributed by atoms with E-state index in [1.807, 2.05) is 6.07 Å². The van der Waals surface area contributed by atoms with Crippen LogP contribution in [0, 0.1) is 5.82 Å². The number of nitrogens with zero attached hydrogens (tertiary/aromatic N) is 6. The van der Waals surface area contributed by atoms with Crippen LogP contribution in [0.4, 0.5) is 4.39 Å². The Labute approximate surface area is 196 Å². The molecule has 11 heteroatoms. The molecule has 172 valence electrons. The largest absolute Gasteiger partial charge is 0.332 e. The Morgan fingerprint density at radius 3 is 2.38 bits per heavy atom. The lowest BCUT2D eigenvalue weighted by molar-refractivity contribution is 0.102. The number of fused-ring (bicyclic) bond motifs is 3. The van der Waals surface area contributed by atoms with E-state index in [4.69, 9.17) is 0 Å². The molecule has 0 bridgehead atoms. The summed E-state index contributed by atoms with van der Waals surface area (Å²) in [5.74, 6) is -0.00266. The lowest BCUT2D eigenvalue weighted by Gasteiger charge is -2.07. The molecule has 5 aromatic rings. The van der Waals surface area contributed by atoms with Crippen LogP contribution in [-0.2, 0) is 20.6 Å². The molecule has 0 atom stereocenters. The highest BCUT2D eigenvalue weighted by molar-refractivity contribution is 7.99. The van der Waals surface area contributed by atoms with Crippen LogP contribution in [-0.4, -0.2) is 39.8 Å². The van der Waals surface area contributed by atoms with E-state index >= 15 is 0 Å². The van der Waals surface area contributed by atoms with Crippen molar-refractivity contribution >= 4 is 34.5 Å². The van der Waals surface area contributed by atoms with Crippen LogP contribution in [0.3, 0.4) is 0 Å². The van der Waals surface area contributed by atoms with E-state index in [2.05, 4.69) is 10.2 Å². The molecule has 0 amide bonds. The molecule has 3 aromatic heterocycles. The van der Waals surface area contributed by atoms with Gasteiger partial charge in [-0.2, -0.15) is 0 Å². The smallest absolute Gasteiger partial charge is 0.298 e. The molecule has 0 N–H and O–H groups in total. The van der Waals surface area contributed by atoms with E-state index in [1.54, 1.807) is 52.4 Å². The van der Waals surface area contributed by atoms with Crippen molar-refractivity contribution in [3.05, 3.63) is 92.4 Å². The highest BCUT2D eigenvalue weighted by Crippen LogP contribution is 2.25. The first kappa shape index (κ1) is 21.8. The number of rotatable bonds is 6. The Morgan fingerprint density at radius 2 is 1.68 bits per heavy atom. The third kappa shape index (κ3) is 3.54. The monoisotopic (exact) mass is 478 g/mol. The second kappa shape index (κ2) is 8.41. The van der Waals surface area contributed by atoms with Crippen molar-refractivity contribution in [2.45, 2.75) is 11.7 Å². The molecule has 0 saturated heterocycles. The number of benzene rings is 2. The molecule has 0 aliphatic heterocycles. The Hall–Kier alpha value is -3.99. The molecule has 3 heterocycles. The number of imidazole rings is 1. The average Bonchev–Trinajstić information content (AvgIpc) is 3.40. The molecule has 9 nitrogen and oxygen atoms in total. The van der Waals surface area contributed by atoms with Gasteiger partial charge in [-0.3, -0.25) is 23.3 Å². The summed E-state index contributed by atoms with van der Waals surface area (Å²) in [4.78, 5) is 38.4. The van der Waals surface area contributed by atoms with Crippen molar-refractivity contribution in [1.82, 2.24) is 28.3 Å². The predicted molar refractivity (Wildman–Crippen MR) is 126 cm³/mol. The minimum Gasteiger partial charge on any atom is -0.298 e. The number of hydrogen-bond acceptors (Lipinski definition) is 6. The predicted octanol–water partition coefficient (Wildman–Crippen LogP) is 2.24. The summed E-state index contributed by atoms with van der Waals surface area (Å²) in [6, 6.07) is 14.8. The van der Waals surface area contributed by atoms with E-state index < -0.39 is 11.2 Å². The zero-order valence-electron chi connectivity index (χ0n) is 18.3. The zero-order chi connectivity index (χ0) is 24.0. The quantitative estimate of drug-likeness (QED) is 0.274. The van der Waals surface area contributed by atoms with Gasteiger partial charge in [0, 0.05) is 19.7 Å². The van der Waals surface area contributed by atoms with E-state index in [1.165, 1.54) is 35.5 Å². The Morgan fingerprint density at radius 1 is 0.971 bits per heavy atom. The SMILES string of the molecule is Cn1c(=O)c2c(n(C)c1=O)n1c(SCC(=O)c3ccccc3)nnc1n2Cc1ccc(F)cc1. The number of halogens is 1. The summed E-state index contributed by atoms with van der Waals surface area (Å²) in [6.45, 7) is 0.215. The van der Waals surface area contributed by atoms with Crippen LogP contribution in [0.25, 0.3) is 16.9 Å².